The molecule has 1 aliphatic carbocycles. The van der Waals surface area contributed by atoms with Crippen molar-refractivity contribution >= 4 is 0 Å². The monoisotopic (exact) mass is 216 g/mol. The molecule has 2 heteroatoms. The second-order valence-corrected chi connectivity index (χ2v) is 4.04. The van der Waals surface area contributed by atoms with Gasteiger partial charge in [-0.3, -0.25) is 0 Å². The summed E-state index contributed by atoms with van der Waals surface area (Å²) < 4.78 is 26.7. The largest absolute Gasteiger partial charge is 0.204 e. The summed E-state index contributed by atoms with van der Waals surface area (Å²) >= 11 is 0. The van der Waals surface area contributed by atoms with Crippen molar-refractivity contribution in [2.45, 2.75) is 12.8 Å². The van der Waals surface area contributed by atoms with E-state index in [0.717, 1.165) is 17.5 Å². The average molecular weight is 216 g/mol. The van der Waals surface area contributed by atoms with Gasteiger partial charge in [-0.1, -0.05) is 30.3 Å². The molecule has 3 rings (SSSR count). The van der Waals surface area contributed by atoms with E-state index in [-0.39, 0.29) is 0 Å². The van der Waals surface area contributed by atoms with E-state index in [1.54, 1.807) is 6.07 Å². The first-order valence-corrected chi connectivity index (χ1v) is 5.32. The first kappa shape index (κ1) is 9.52. The van der Waals surface area contributed by atoms with Gasteiger partial charge in [0.2, 0.25) is 0 Å². The minimum Gasteiger partial charge on any atom is -0.204 e. The Bertz CT molecular complexity index is 559. The van der Waals surface area contributed by atoms with Crippen molar-refractivity contribution in [1.29, 1.82) is 0 Å². The Balaban J connectivity index is 2.30. The van der Waals surface area contributed by atoms with E-state index in [1.165, 1.54) is 11.6 Å². The van der Waals surface area contributed by atoms with Gasteiger partial charge in [0.25, 0.3) is 0 Å². The van der Waals surface area contributed by atoms with Gasteiger partial charge in [-0.25, -0.2) is 8.78 Å². The van der Waals surface area contributed by atoms with Gasteiger partial charge >= 0.3 is 0 Å². The smallest absolute Gasteiger partial charge is 0.162 e. The predicted molar refractivity (Wildman–Crippen MR) is 59.2 cm³/mol. The van der Waals surface area contributed by atoms with Crippen LogP contribution < -0.4 is 0 Å². The van der Waals surface area contributed by atoms with Gasteiger partial charge in [-0.05, 0) is 41.2 Å². The SMILES string of the molecule is Fc1ccc2c(c1F)CCc1ccccc1-2. The number of hydrogen-bond donors (Lipinski definition) is 0. The van der Waals surface area contributed by atoms with E-state index in [1.807, 2.05) is 24.3 Å². The average Bonchev–Trinajstić information content (AvgIpc) is 2.33. The highest BCUT2D eigenvalue weighted by molar-refractivity contribution is 5.73. The Kier molecular flexibility index (Phi) is 2.03. The van der Waals surface area contributed by atoms with Crippen LogP contribution in [0, 0.1) is 11.6 Å². The van der Waals surface area contributed by atoms with Gasteiger partial charge in [-0.2, -0.15) is 0 Å². The molecular weight excluding hydrogens is 206 g/mol. The summed E-state index contributed by atoms with van der Waals surface area (Å²) in [5, 5.41) is 0. The van der Waals surface area contributed by atoms with Crippen LogP contribution in [0.3, 0.4) is 0 Å². The lowest BCUT2D eigenvalue weighted by Gasteiger charge is -2.20. The highest BCUT2D eigenvalue weighted by Crippen LogP contribution is 2.35. The third kappa shape index (κ3) is 1.26. The van der Waals surface area contributed by atoms with Gasteiger partial charge < -0.3 is 0 Å². The van der Waals surface area contributed by atoms with Crippen molar-refractivity contribution < 1.29 is 8.78 Å². The standard InChI is InChI=1S/C14H10F2/c15-13-8-7-11-10-4-2-1-3-9(10)5-6-12(11)14(13)16/h1-4,7-8H,5-6H2. The molecule has 0 spiro atoms. The summed E-state index contributed by atoms with van der Waals surface area (Å²) in [5.41, 5.74) is 3.59. The Morgan fingerprint density at radius 1 is 0.812 bits per heavy atom. The summed E-state index contributed by atoms with van der Waals surface area (Å²) in [6, 6.07) is 10.8. The normalized spacial score (nSPS) is 13.1. The molecule has 0 nitrogen and oxygen atoms in total. The van der Waals surface area contributed by atoms with Crippen LogP contribution in [0.2, 0.25) is 0 Å². The van der Waals surface area contributed by atoms with Crippen LogP contribution in [-0.4, -0.2) is 0 Å². The van der Waals surface area contributed by atoms with E-state index in [9.17, 15) is 8.78 Å². The van der Waals surface area contributed by atoms with Crippen molar-refractivity contribution in [3.63, 3.8) is 0 Å². The number of hydrogen-bond acceptors (Lipinski definition) is 0. The molecule has 0 saturated heterocycles. The van der Waals surface area contributed by atoms with E-state index >= 15 is 0 Å². The van der Waals surface area contributed by atoms with Crippen LogP contribution in [0.15, 0.2) is 36.4 Å². The molecule has 0 aromatic heterocycles. The molecule has 0 atom stereocenters. The zero-order valence-electron chi connectivity index (χ0n) is 8.63. The van der Waals surface area contributed by atoms with Gasteiger partial charge in [0.1, 0.15) is 0 Å². The summed E-state index contributed by atoms with van der Waals surface area (Å²) in [4.78, 5) is 0. The van der Waals surface area contributed by atoms with Gasteiger partial charge in [0.05, 0.1) is 0 Å². The molecule has 2 aromatic carbocycles. The van der Waals surface area contributed by atoms with Gasteiger partial charge in [0, 0.05) is 0 Å². The lowest BCUT2D eigenvalue weighted by atomic mass is 9.85. The molecule has 16 heavy (non-hydrogen) atoms. The maximum Gasteiger partial charge on any atom is 0.162 e. The van der Waals surface area contributed by atoms with Crippen LogP contribution in [0.1, 0.15) is 11.1 Å². The minimum atomic E-state index is -0.752. The van der Waals surface area contributed by atoms with Crippen molar-refractivity contribution in [2.75, 3.05) is 0 Å². The lowest BCUT2D eigenvalue weighted by molar-refractivity contribution is 0.498. The Hall–Kier alpha value is -1.70. The van der Waals surface area contributed by atoms with Crippen LogP contribution in [0.5, 0.6) is 0 Å². The van der Waals surface area contributed by atoms with E-state index < -0.39 is 11.6 Å². The molecule has 0 amide bonds. The molecule has 0 N–H and O–H groups in total. The van der Waals surface area contributed by atoms with E-state index in [0.29, 0.717) is 12.0 Å². The Morgan fingerprint density at radius 2 is 1.62 bits per heavy atom. The molecular formula is C14H10F2. The molecule has 80 valence electrons. The second kappa shape index (κ2) is 3.41. The number of benzene rings is 2. The fourth-order valence-electron chi connectivity index (χ4n) is 2.35. The summed E-state index contributed by atoms with van der Waals surface area (Å²) in [7, 11) is 0. The fourth-order valence-corrected chi connectivity index (χ4v) is 2.35. The van der Waals surface area contributed by atoms with Crippen molar-refractivity contribution in [2.24, 2.45) is 0 Å². The predicted octanol–water partition coefficient (Wildman–Crippen LogP) is 3.73. The topological polar surface area (TPSA) is 0 Å². The van der Waals surface area contributed by atoms with Crippen molar-refractivity contribution in [1.82, 2.24) is 0 Å². The Labute approximate surface area is 92.5 Å². The van der Waals surface area contributed by atoms with Crippen molar-refractivity contribution in [3.05, 3.63) is 59.2 Å². The van der Waals surface area contributed by atoms with Crippen LogP contribution in [-0.2, 0) is 12.8 Å². The van der Waals surface area contributed by atoms with Crippen LogP contribution in [0.4, 0.5) is 8.78 Å². The molecule has 0 fully saturated rings. The maximum absolute atomic E-state index is 13.6. The van der Waals surface area contributed by atoms with Crippen LogP contribution in [0.25, 0.3) is 11.1 Å². The number of aryl methyl sites for hydroxylation is 1. The zero-order chi connectivity index (χ0) is 11.1. The van der Waals surface area contributed by atoms with Gasteiger partial charge in [0.15, 0.2) is 11.6 Å². The summed E-state index contributed by atoms with van der Waals surface area (Å²) in [5.74, 6) is -1.44. The lowest BCUT2D eigenvalue weighted by Crippen LogP contribution is -2.07. The molecule has 2 aromatic rings. The van der Waals surface area contributed by atoms with E-state index in [4.69, 9.17) is 0 Å². The van der Waals surface area contributed by atoms with Gasteiger partial charge in [-0.15, -0.1) is 0 Å². The zero-order valence-corrected chi connectivity index (χ0v) is 8.63. The molecule has 0 heterocycles. The first-order valence-electron chi connectivity index (χ1n) is 5.32. The highest BCUT2D eigenvalue weighted by Gasteiger charge is 2.20. The van der Waals surface area contributed by atoms with E-state index in [2.05, 4.69) is 0 Å². The second-order valence-electron chi connectivity index (χ2n) is 4.04. The molecule has 0 unspecified atom stereocenters. The summed E-state index contributed by atoms with van der Waals surface area (Å²) in [6.07, 6.45) is 1.36. The third-order valence-corrected chi connectivity index (χ3v) is 3.15. The van der Waals surface area contributed by atoms with Crippen LogP contribution >= 0.6 is 0 Å². The summed E-state index contributed by atoms with van der Waals surface area (Å²) in [6.45, 7) is 0. The minimum absolute atomic E-state index is 0.513. The highest BCUT2D eigenvalue weighted by atomic mass is 19.2. The fraction of sp³-hybridized carbons (Fsp3) is 0.143. The maximum atomic E-state index is 13.6. The van der Waals surface area contributed by atoms with Crippen molar-refractivity contribution in [3.8, 4) is 11.1 Å². The molecule has 0 radical (unpaired) electrons. The molecule has 1 aliphatic rings. The number of fused-ring (bicyclic) bond motifs is 3. The molecule has 0 saturated carbocycles. The Morgan fingerprint density at radius 3 is 2.50 bits per heavy atom. The third-order valence-electron chi connectivity index (χ3n) is 3.15. The first-order chi connectivity index (χ1) is 7.77. The number of rotatable bonds is 0. The molecule has 0 bridgehead atoms. The molecule has 0 aliphatic heterocycles. The number of halogens is 2. The quantitative estimate of drug-likeness (QED) is 0.629.